The molecule has 6 aliphatic carbocycles. The highest BCUT2D eigenvalue weighted by Gasteiger charge is 2.75. The van der Waals surface area contributed by atoms with Gasteiger partial charge in [-0.3, -0.25) is 0 Å². The summed E-state index contributed by atoms with van der Waals surface area (Å²) in [4.78, 5) is 0. The standard InChI is InChI=1S/C18H30/c1-17(2,3)15-9-7-10(15)13(9)14-11-8-12(14)16(11)18(4,5)6/h9-16H,7-8H2,1-6H3/t9-,10+,11-,12+,13?,14?,15?,16?. The van der Waals surface area contributed by atoms with Crippen LogP contribution in [0, 0.1) is 58.2 Å². The SMILES string of the molecule is CC(C)(C)C1[C@@H]2C[C@H]1C2C1[C@H]2C[C@@H]1C2C(C)(C)C. The van der Waals surface area contributed by atoms with Crippen LogP contribution >= 0.6 is 0 Å². The zero-order chi connectivity index (χ0) is 13.0. The van der Waals surface area contributed by atoms with Gasteiger partial charge in [0.1, 0.15) is 0 Å². The molecule has 6 aliphatic rings. The number of hydrogen-bond donors (Lipinski definition) is 0. The molecule has 0 heteroatoms. The summed E-state index contributed by atoms with van der Waals surface area (Å²) >= 11 is 0. The molecule has 0 radical (unpaired) electrons. The lowest BCUT2D eigenvalue weighted by Crippen LogP contribution is -2.75. The highest BCUT2D eigenvalue weighted by atomic mass is 14.8. The highest BCUT2D eigenvalue weighted by molar-refractivity contribution is 5.22. The Labute approximate surface area is 113 Å². The minimum Gasteiger partial charge on any atom is -0.0599 e. The first kappa shape index (κ1) is 11.8. The third-order valence-corrected chi connectivity index (χ3v) is 7.36. The van der Waals surface area contributed by atoms with Gasteiger partial charge in [0.15, 0.2) is 0 Å². The average molecular weight is 246 g/mol. The summed E-state index contributed by atoms with van der Waals surface area (Å²) in [6.07, 6.45) is 3.17. The molecule has 0 aliphatic heterocycles. The van der Waals surface area contributed by atoms with Crippen LogP contribution in [0.5, 0.6) is 0 Å². The van der Waals surface area contributed by atoms with Crippen molar-refractivity contribution in [3.8, 4) is 0 Å². The Morgan fingerprint density at radius 3 is 1.00 bits per heavy atom. The molecule has 8 atom stereocenters. The number of fused-ring (bicyclic) bond motifs is 1. The predicted molar refractivity (Wildman–Crippen MR) is 76.1 cm³/mol. The van der Waals surface area contributed by atoms with E-state index in [1.165, 1.54) is 11.8 Å². The van der Waals surface area contributed by atoms with E-state index in [2.05, 4.69) is 41.5 Å². The van der Waals surface area contributed by atoms with Crippen molar-refractivity contribution in [3.63, 3.8) is 0 Å². The summed E-state index contributed by atoms with van der Waals surface area (Å²) in [7, 11) is 0. The maximum Gasteiger partial charge on any atom is -0.0303 e. The molecule has 6 fully saturated rings. The van der Waals surface area contributed by atoms with Crippen molar-refractivity contribution < 1.29 is 0 Å². The summed E-state index contributed by atoms with van der Waals surface area (Å²) in [5, 5.41) is 0. The number of rotatable bonds is 1. The first-order valence-corrected chi connectivity index (χ1v) is 8.21. The lowest BCUT2D eigenvalue weighted by Gasteiger charge is -2.80. The Balaban J connectivity index is 1.41. The van der Waals surface area contributed by atoms with E-state index in [0.717, 1.165) is 35.5 Å². The maximum atomic E-state index is 2.46. The van der Waals surface area contributed by atoms with E-state index in [4.69, 9.17) is 0 Å². The van der Waals surface area contributed by atoms with Gasteiger partial charge >= 0.3 is 0 Å². The van der Waals surface area contributed by atoms with Crippen molar-refractivity contribution in [1.29, 1.82) is 0 Å². The predicted octanol–water partition coefficient (Wildman–Crippen LogP) is 4.84. The third kappa shape index (κ3) is 1.15. The monoisotopic (exact) mass is 246 g/mol. The van der Waals surface area contributed by atoms with E-state index < -0.39 is 0 Å². The van der Waals surface area contributed by atoms with E-state index in [-0.39, 0.29) is 0 Å². The van der Waals surface area contributed by atoms with Gasteiger partial charge in [-0.15, -0.1) is 0 Å². The topological polar surface area (TPSA) is 0 Å². The Morgan fingerprint density at radius 1 is 0.556 bits per heavy atom. The second-order valence-electron chi connectivity index (χ2n) is 10.1. The van der Waals surface area contributed by atoms with Gasteiger partial charge in [0.05, 0.1) is 0 Å². The average Bonchev–Trinajstić information content (AvgIpc) is 1.84. The van der Waals surface area contributed by atoms with E-state index in [1.807, 2.05) is 0 Å². The van der Waals surface area contributed by atoms with Crippen molar-refractivity contribution in [2.75, 3.05) is 0 Å². The summed E-state index contributed by atoms with van der Waals surface area (Å²) in [5.74, 6) is 9.04. The molecular formula is C18H30. The molecular weight excluding hydrogens is 216 g/mol. The molecule has 4 unspecified atom stereocenters. The summed E-state index contributed by atoms with van der Waals surface area (Å²) in [6.45, 7) is 14.8. The molecule has 0 aromatic carbocycles. The summed E-state index contributed by atoms with van der Waals surface area (Å²) in [5.41, 5.74) is 1.17. The minimum absolute atomic E-state index is 0.585. The number of hydrogen-bond acceptors (Lipinski definition) is 0. The molecule has 0 aromatic rings. The molecule has 0 aromatic heterocycles. The smallest absolute Gasteiger partial charge is 0.0303 e. The molecule has 18 heavy (non-hydrogen) atoms. The lowest BCUT2D eigenvalue weighted by molar-refractivity contribution is -0.327. The fourth-order valence-corrected chi connectivity index (χ4v) is 6.71. The third-order valence-electron chi connectivity index (χ3n) is 7.36. The molecule has 6 rings (SSSR count). The van der Waals surface area contributed by atoms with Crippen molar-refractivity contribution >= 4 is 0 Å². The molecule has 0 spiro atoms. The van der Waals surface area contributed by atoms with E-state index in [9.17, 15) is 0 Å². The maximum absolute atomic E-state index is 2.46. The van der Waals surface area contributed by atoms with Gasteiger partial charge < -0.3 is 0 Å². The van der Waals surface area contributed by atoms with E-state index in [1.54, 1.807) is 12.8 Å². The van der Waals surface area contributed by atoms with Gasteiger partial charge in [0.2, 0.25) is 0 Å². The zero-order valence-electron chi connectivity index (χ0n) is 13.0. The fraction of sp³-hybridized carbons (Fsp3) is 1.00. The van der Waals surface area contributed by atoms with Crippen LogP contribution < -0.4 is 0 Å². The molecule has 0 nitrogen and oxygen atoms in total. The van der Waals surface area contributed by atoms with Crippen LogP contribution in [0.3, 0.4) is 0 Å². The molecule has 0 saturated heterocycles. The van der Waals surface area contributed by atoms with Gasteiger partial charge in [-0.2, -0.15) is 0 Å². The quantitative estimate of drug-likeness (QED) is 0.621. The molecule has 0 heterocycles. The van der Waals surface area contributed by atoms with Gasteiger partial charge in [-0.05, 0) is 71.0 Å². The minimum atomic E-state index is 0.585. The van der Waals surface area contributed by atoms with Crippen LogP contribution in [-0.2, 0) is 0 Å². The summed E-state index contributed by atoms with van der Waals surface area (Å²) in [6, 6.07) is 0. The zero-order valence-corrected chi connectivity index (χ0v) is 13.0. The Morgan fingerprint density at radius 2 is 0.833 bits per heavy atom. The van der Waals surface area contributed by atoms with Gasteiger partial charge in [-0.25, -0.2) is 0 Å². The lowest BCUT2D eigenvalue weighted by atomic mass is 9.24. The van der Waals surface area contributed by atoms with Crippen LogP contribution in [0.4, 0.5) is 0 Å². The highest BCUT2D eigenvalue weighted by Crippen LogP contribution is 2.80. The summed E-state index contributed by atoms with van der Waals surface area (Å²) < 4.78 is 0. The fourth-order valence-electron chi connectivity index (χ4n) is 6.71. The molecule has 6 saturated carbocycles. The molecule has 102 valence electrons. The second-order valence-corrected chi connectivity index (χ2v) is 10.1. The van der Waals surface area contributed by atoms with Gasteiger partial charge in [0.25, 0.3) is 0 Å². The largest absolute Gasteiger partial charge is 0.0599 e. The van der Waals surface area contributed by atoms with Gasteiger partial charge in [-0.1, -0.05) is 41.5 Å². The molecule has 0 amide bonds. The Kier molecular flexibility index (Phi) is 1.98. The Hall–Kier alpha value is 0. The first-order valence-electron chi connectivity index (χ1n) is 8.21. The van der Waals surface area contributed by atoms with Crippen LogP contribution in [0.2, 0.25) is 0 Å². The van der Waals surface area contributed by atoms with E-state index in [0.29, 0.717) is 10.8 Å². The van der Waals surface area contributed by atoms with Crippen LogP contribution in [0.25, 0.3) is 0 Å². The normalized spacial score (nSPS) is 57.0. The van der Waals surface area contributed by atoms with Crippen molar-refractivity contribution in [2.45, 2.75) is 54.4 Å². The van der Waals surface area contributed by atoms with Crippen LogP contribution in [0.15, 0.2) is 0 Å². The van der Waals surface area contributed by atoms with Gasteiger partial charge in [0, 0.05) is 0 Å². The van der Waals surface area contributed by atoms with Crippen LogP contribution in [0.1, 0.15) is 54.4 Å². The van der Waals surface area contributed by atoms with Crippen molar-refractivity contribution in [3.05, 3.63) is 0 Å². The Bertz CT molecular complexity index is 322. The second kappa shape index (κ2) is 3.01. The van der Waals surface area contributed by atoms with E-state index >= 15 is 0 Å². The van der Waals surface area contributed by atoms with Crippen molar-refractivity contribution in [2.24, 2.45) is 58.2 Å². The van der Waals surface area contributed by atoms with Crippen molar-refractivity contribution in [1.82, 2.24) is 0 Å². The van der Waals surface area contributed by atoms with Crippen LogP contribution in [-0.4, -0.2) is 0 Å². The molecule has 0 N–H and O–H groups in total. The first-order chi connectivity index (χ1) is 8.21. The molecule has 4 bridgehead atoms.